The van der Waals surface area contributed by atoms with Crippen molar-refractivity contribution < 1.29 is 9.21 Å². The molecule has 0 aliphatic carbocycles. The van der Waals surface area contributed by atoms with Crippen molar-refractivity contribution in [1.82, 2.24) is 10.3 Å². The predicted octanol–water partition coefficient (Wildman–Crippen LogP) is 3.47. The van der Waals surface area contributed by atoms with Gasteiger partial charge >= 0.3 is 6.03 Å². The summed E-state index contributed by atoms with van der Waals surface area (Å²) in [6.07, 6.45) is 4.12. The maximum atomic E-state index is 12.0. The van der Waals surface area contributed by atoms with Crippen molar-refractivity contribution in [2.45, 2.75) is 32.7 Å². The highest BCUT2D eigenvalue weighted by molar-refractivity contribution is 5.89. The van der Waals surface area contributed by atoms with Crippen molar-refractivity contribution in [2.75, 3.05) is 23.3 Å². The number of hydrogen-bond acceptors (Lipinski definition) is 4. The van der Waals surface area contributed by atoms with Crippen LogP contribution in [0.15, 0.2) is 34.9 Å². The van der Waals surface area contributed by atoms with Gasteiger partial charge in [0.15, 0.2) is 0 Å². The third kappa shape index (κ3) is 3.83. The van der Waals surface area contributed by atoms with Gasteiger partial charge in [-0.25, -0.2) is 9.78 Å². The van der Waals surface area contributed by atoms with Gasteiger partial charge in [0, 0.05) is 13.1 Å². The number of carbonyl (C=O) groups excluding carboxylic acids is 1. The molecule has 3 rings (SSSR count). The van der Waals surface area contributed by atoms with Gasteiger partial charge in [0.05, 0.1) is 17.9 Å². The van der Waals surface area contributed by atoms with Gasteiger partial charge in [0.25, 0.3) is 0 Å². The highest BCUT2D eigenvalue weighted by Gasteiger charge is 2.15. The number of furan rings is 1. The summed E-state index contributed by atoms with van der Waals surface area (Å²) in [5.41, 5.74) is 0.674. The number of pyridine rings is 1. The summed E-state index contributed by atoms with van der Waals surface area (Å²) in [7, 11) is 0. The smallest absolute Gasteiger partial charge is 0.319 e. The van der Waals surface area contributed by atoms with Crippen LogP contribution in [-0.4, -0.2) is 24.1 Å². The molecule has 3 heterocycles. The zero-order valence-corrected chi connectivity index (χ0v) is 13.5. The van der Waals surface area contributed by atoms with Gasteiger partial charge in [-0.2, -0.15) is 0 Å². The molecule has 6 heteroatoms. The lowest BCUT2D eigenvalue weighted by atomic mass is 10.2. The molecule has 2 N–H and O–H groups in total. The molecular formula is C17H22N4O2. The number of nitrogens with one attached hydrogen (secondary N) is 2. The minimum Gasteiger partial charge on any atom is -0.464 e. The van der Waals surface area contributed by atoms with E-state index in [-0.39, 0.29) is 12.1 Å². The van der Waals surface area contributed by atoms with E-state index in [9.17, 15) is 4.79 Å². The van der Waals surface area contributed by atoms with E-state index in [2.05, 4.69) is 20.5 Å². The molecule has 2 amide bonds. The number of carbonyl (C=O) groups is 1. The first kappa shape index (κ1) is 15.4. The van der Waals surface area contributed by atoms with E-state index in [1.165, 1.54) is 12.8 Å². The van der Waals surface area contributed by atoms with Crippen LogP contribution in [0, 0.1) is 6.92 Å². The minimum atomic E-state index is -0.276. The number of rotatable bonds is 4. The summed E-state index contributed by atoms with van der Waals surface area (Å²) in [6.45, 7) is 5.87. The predicted molar refractivity (Wildman–Crippen MR) is 89.7 cm³/mol. The normalized spacial score (nSPS) is 15.5. The summed E-state index contributed by atoms with van der Waals surface area (Å²) >= 11 is 0. The summed E-state index contributed by atoms with van der Waals surface area (Å²) in [5.74, 6) is 2.53. The molecule has 1 aliphatic rings. The Hall–Kier alpha value is -2.50. The Morgan fingerprint density at radius 2 is 2.04 bits per heavy atom. The molecule has 1 aliphatic heterocycles. The molecule has 0 radical (unpaired) electrons. The van der Waals surface area contributed by atoms with Gasteiger partial charge in [-0.05, 0) is 51.0 Å². The van der Waals surface area contributed by atoms with Gasteiger partial charge in [-0.3, -0.25) is 0 Å². The van der Waals surface area contributed by atoms with Crippen molar-refractivity contribution in [3.8, 4) is 0 Å². The van der Waals surface area contributed by atoms with Gasteiger partial charge in [-0.1, -0.05) is 0 Å². The van der Waals surface area contributed by atoms with Crippen LogP contribution in [0.2, 0.25) is 0 Å². The van der Waals surface area contributed by atoms with E-state index in [1.54, 1.807) is 6.20 Å². The molecule has 122 valence electrons. The van der Waals surface area contributed by atoms with Crippen LogP contribution >= 0.6 is 0 Å². The zero-order valence-electron chi connectivity index (χ0n) is 13.5. The largest absolute Gasteiger partial charge is 0.464 e. The van der Waals surface area contributed by atoms with Gasteiger partial charge in [0.1, 0.15) is 17.3 Å². The van der Waals surface area contributed by atoms with Crippen LogP contribution in [0.25, 0.3) is 0 Å². The molecule has 0 aromatic carbocycles. The average molecular weight is 314 g/mol. The Balaban J connectivity index is 1.55. The SMILES string of the molecule is Cc1ccc([C@H](C)NC(=O)Nc2ccc(N3CCCC3)nc2)o1. The van der Waals surface area contributed by atoms with E-state index in [4.69, 9.17) is 4.42 Å². The van der Waals surface area contributed by atoms with Crippen molar-refractivity contribution in [3.05, 3.63) is 42.0 Å². The number of amides is 2. The Morgan fingerprint density at radius 1 is 1.26 bits per heavy atom. The Bertz CT molecular complexity index is 659. The fraction of sp³-hybridized carbons (Fsp3) is 0.412. The quantitative estimate of drug-likeness (QED) is 0.906. The molecule has 1 atom stereocenters. The van der Waals surface area contributed by atoms with Crippen LogP contribution in [0.3, 0.4) is 0 Å². The Kier molecular flexibility index (Phi) is 4.50. The molecule has 6 nitrogen and oxygen atoms in total. The number of urea groups is 1. The molecule has 1 saturated heterocycles. The number of anilines is 2. The lowest BCUT2D eigenvalue weighted by Crippen LogP contribution is -2.31. The summed E-state index contributed by atoms with van der Waals surface area (Å²) in [6, 6.07) is 7.10. The third-order valence-corrected chi connectivity index (χ3v) is 3.97. The van der Waals surface area contributed by atoms with E-state index in [1.807, 2.05) is 38.1 Å². The second-order valence-electron chi connectivity index (χ2n) is 5.87. The Morgan fingerprint density at radius 3 is 2.65 bits per heavy atom. The molecule has 1 fully saturated rings. The minimum absolute atomic E-state index is 0.194. The molecule has 2 aromatic rings. The van der Waals surface area contributed by atoms with Crippen LogP contribution in [0.5, 0.6) is 0 Å². The summed E-state index contributed by atoms with van der Waals surface area (Å²) in [4.78, 5) is 18.7. The second kappa shape index (κ2) is 6.73. The fourth-order valence-corrected chi connectivity index (χ4v) is 2.71. The standard InChI is InChI=1S/C17H22N4O2/c1-12-5-7-15(23-12)13(2)19-17(22)20-14-6-8-16(18-11-14)21-9-3-4-10-21/h5-8,11,13H,3-4,9-10H2,1-2H3,(H2,19,20,22)/t13-/m0/s1. The maximum Gasteiger partial charge on any atom is 0.319 e. The lowest BCUT2D eigenvalue weighted by Gasteiger charge is -2.17. The van der Waals surface area contributed by atoms with Crippen molar-refractivity contribution in [2.24, 2.45) is 0 Å². The van der Waals surface area contributed by atoms with Crippen molar-refractivity contribution in [1.29, 1.82) is 0 Å². The number of hydrogen-bond donors (Lipinski definition) is 2. The summed E-state index contributed by atoms with van der Waals surface area (Å²) in [5, 5.41) is 5.64. The van der Waals surface area contributed by atoms with Gasteiger partial charge in [-0.15, -0.1) is 0 Å². The van der Waals surface area contributed by atoms with Gasteiger partial charge in [0.2, 0.25) is 0 Å². The monoisotopic (exact) mass is 314 g/mol. The lowest BCUT2D eigenvalue weighted by molar-refractivity contribution is 0.247. The first-order valence-electron chi connectivity index (χ1n) is 7.96. The van der Waals surface area contributed by atoms with Gasteiger partial charge < -0.3 is 20.0 Å². The van der Waals surface area contributed by atoms with Crippen LogP contribution in [-0.2, 0) is 0 Å². The van der Waals surface area contributed by atoms with E-state index < -0.39 is 0 Å². The number of nitrogens with zero attached hydrogens (tertiary/aromatic N) is 2. The van der Waals surface area contributed by atoms with Crippen LogP contribution in [0.4, 0.5) is 16.3 Å². The van der Waals surface area contributed by atoms with E-state index in [0.29, 0.717) is 5.69 Å². The first-order chi connectivity index (χ1) is 11.1. The molecule has 0 spiro atoms. The van der Waals surface area contributed by atoms with Crippen LogP contribution < -0.4 is 15.5 Å². The maximum absolute atomic E-state index is 12.0. The zero-order chi connectivity index (χ0) is 16.2. The highest BCUT2D eigenvalue weighted by Crippen LogP contribution is 2.19. The summed E-state index contributed by atoms with van der Waals surface area (Å²) < 4.78 is 5.51. The number of aryl methyl sites for hydroxylation is 1. The second-order valence-corrected chi connectivity index (χ2v) is 5.87. The molecule has 0 saturated carbocycles. The molecular weight excluding hydrogens is 292 g/mol. The van der Waals surface area contributed by atoms with E-state index >= 15 is 0 Å². The average Bonchev–Trinajstić information content (AvgIpc) is 3.19. The highest BCUT2D eigenvalue weighted by atomic mass is 16.3. The molecule has 23 heavy (non-hydrogen) atoms. The number of aromatic nitrogens is 1. The Labute approximate surface area is 135 Å². The topological polar surface area (TPSA) is 70.4 Å². The fourth-order valence-electron chi connectivity index (χ4n) is 2.71. The molecule has 0 unspecified atom stereocenters. The third-order valence-electron chi connectivity index (χ3n) is 3.97. The van der Waals surface area contributed by atoms with E-state index in [0.717, 1.165) is 30.4 Å². The molecule has 2 aromatic heterocycles. The first-order valence-corrected chi connectivity index (χ1v) is 7.96. The molecule has 0 bridgehead atoms. The van der Waals surface area contributed by atoms with Crippen molar-refractivity contribution in [3.63, 3.8) is 0 Å². The van der Waals surface area contributed by atoms with Crippen LogP contribution in [0.1, 0.15) is 37.3 Å². The van der Waals surface area contributed by atoms with Crippen molar-refractivity contribution >= 4 is 17.5 Å².